The number of H-pyrrole nitrogens is 1. The van der Waals surface area contributed by atoms with Gasteiger partial charge in [-0.15, -0.1) is 0 Å². The summed E-state index contributed by atoms with van der Waals surface area (Å²) < 4.78 is 0. The van der Waals surface area contributed by atoms with Crippen LogP contribution in [0, 0.1) is 0 Å². The highest BCUT2D eigenvalue weighted by Crippen LogP contribution is 2.22. The van der Waals surface area contributed by atoms with Crippen molar-refractivity contribution in [1.29, 1.82) is 0 Å². The van der Waals surface area contributed by atoms with Gasteiger partial charge in [-0.3, -0.25) is 4.79 Å². The molecule has 3 rings (SSSR count). The van der Waals surface area contributed by atoms with Crippen molar-refractivity contribution in [3.05, 3.63) is 66.0 Å². The Labute approximate surface area is 141 Å². The molecule has 0 aliphatic rings. The number of nitrogens with zero attached hydrogens (tertiary/aromatic N) is 1. The van der Waals surface area contributed by atoms with Crippen LogP contribution in [0.1, 0.15) is 31.9 Å². The number of benzene rings is 2. The fourth-order valence-corrected chi connectivity index (χ4v) is 2.46. The van der Waals surface area contributed by atoms with E-state index >= 15 is 0 Å². The van der Waals surface area contributed by atoms with E-state index in [9.17, 15) is 4.79 Å². The van der Waals surface area contributed by atoms with Crippen LogP contribution < -0.4 is 5.32 Å². The van der Waals surface area contributed by atoms with Crippen molar-refractivity contribution in [2.24, 2.45) is 0 Å². The van der Waals surface area contributed by atoms with Crippen LogP contribution in [-0.4, -0.2) is 15.9 Å². The number of carbonyl (C=O) groups excluding carboxylic acids is 1. The molecule has 0 radical (unpaired) electrons. The average Bonchev–Trinajstić information content (AvgIpc) is 3.00. The molecule has 122 valence electrons. The Bertz CT molecular complexity index is 883. The van der Waals surface area contributed by atoms with E-state index in [0.29, 0.717) is 0 Å². The van der Waals surface area contributed by atoms with Gasteiger partial charge < -0.3 is 10.3 Å². The third-order valence-corrected chi connectivity index (χ3v) is 3.89. The van der Waals surface area contributed by atoms with Crippen LogP contribution >= 0.6 is 0 Å². The van der Waals surface area contributed by atoms with Crippen LogP contribution in [0.4, 0.5) is 5.69 Å². The fourth-order valence-electron chi connectivity index (χ4n) is 2.46. The summed E-state index contributed by atoms with van der Waals surface area (Å²) in [5.74, 6) is -0.159. The van der Waals surface area contributed by atoms with Crippen LogP contribution in [0.15, 0.2) is 54.9 Å². The molecule has 24 heavy (non-hydrogen) atoms. The van der Waals surface area contributed by atoms with Gasteiger partial charge in [0.25, 0.3) is 0 Å². The number of aromatic amines is 1. The van der Waals surface area contributed by atoms with Crippen molar-refractivity contribution in [3.8, 4) is 0 Å². The zero-order valence-corrected chi connectivity index (χ0v) is 14.1. The first-order valence-corrected chi connectivity index (χ1v) is 7.94. The highest BCUT2D eigenvalue weighted by Gasteiger charge is 2.12. The van der Waals surface area contributed by atoms with Crippen LogP contribution in [0.25, 0.3) is 17.1 Å². The Kier molecular flexibility index (Phi) is 4.21. The van der Waals surface area contributed by atoms with Crippen molar-refractivity contribution in [3.63, 3.8) is 0 Å². The second-order valence-corrected chi connectivity index (χ2v) is 6.83. The van der Waals surface area contributed by atoms with E-state index in [1.165, 1.54) is 5.56 Å². The molecule has 0 bridgehead atoms. The van der Waals surface area contributed by atoms with Crippen molar-refractivity contribution in [1.82, 2.24) is 9.97 Å². The predicted molar refractivity (Wildman–Crippen MR) is 98.9 cm³/mol. The largest absolute Gasteiger partial charge is 0.345 e. The summed E-state index contributed by atoms with van der Waals surface area (Å²) in [5.41, 5.74) is 4.92. The van der Waals surface area contributed by atoms with Gasteiger partial charge in [-0.2, -0.15) is 0 Å². The van der Waals surface area contributed by atoms with Gasteiger partial charge in [0.15, 0.2) is 0 Å². The molecular formula is C20H21N3O. The lowest BCUT2D eigenvalue weighted by Gasteiger charge is -2.18. The summed E-state index contributed by atoms with van der Waals surface area (Å²) >= 11 is 0. The minimum Gasteiger partial charge on any atom is -0.345 e. The van der Waals surface area contributed by atoms with E-state index in [4.69, 9.17) is 0 Å². The summed E-state index contributed by atoms with van der Waals surface area (Å²) in [7, 11) is 0. The van der Waals surface area contributed by atoms with Crippen molar-refractivity contribution >= 4 is 28.7 Å². The Hall–Kier alpha value is -2.88. The van der Waals surface area contributed by atoms with Crippen LogP contribution in [0.3, 0.4) is 0 Å². The van der Waals surface area contributed by atoms with E-state index < -0.39 is 0 Å². The van der Waals surface area contributed by atoms with E-state index in [1.54, 1.807) is 12.4 Å². The normalized spacial score (nSPS) is 12.0. The Balaban J connectivity index is 1.66. The third-order valence-electron chi connectivity index (χ3n) is 3.89. The Morgan fingerprint density at radius 2 is 1.88 bits per heavy atom. The molecule has 1 amide bonds. The number of fused-ring (bicyclic) bond motifs is 1. The van der Waals surface area contributed by atoms with Crippen LogP contribution in [0.2, 0.25) is 0 Å². The van der Waals surface area contributed by atoms with Gasteiger partial charge in [-0.05, 0) is 40.8 Å². The van der Waals surface area contributed by atoms with E-state index in [0.717, 1.165) is 22.3 Å². The third kappa shape index (κ3) is 3.71. The van der Waals surface area contributed by atoms with Gasteiger partial charge in [-0.1, -0.05) is 45.0 Å². The topological polar surface area (TPSA) is 57.8 Å². The molecule has 0 unspecified atom stereocenters. The maximum atomic E-state index is 12.1. The molecule has 0 fully saturated rings. The quantitative estimate of drug-likeness (QED) is 0.698. The van der Waals surface area contributed by atoms with Crippen LogP contribution in [0.5, 0.6) is 0 Å². The summed E-state index contributed by atoms with van der Waals surface area (Å²) in [5, 5.41) is 2.86. The fraction of sp³-hybridized carbons (Fsp3) is 0.200. The first-order chi connectivity index (χ1) is 11.4. The predicted octanol–water partition coefficient (Wildman–Crippen LogP) is 4.51. The van der Waals surface area contributed by atoms with Gasteiger partial charge in [0, 0.05) is 11.8 Å². The van der Waals surface area contributed by atoms with Crippen LogP contribution in [-0.2, 0) is 10.2 Å². The first kappa shape index (κ1) is 16.0. The SMILES string of the molecule is CC(C)(C)c1ccc(/C=C/C(=O)Nc2ccc3nc[nH]c3c2)cc1. The first-order valence-electron chi connectivity index (χ1n) is 7.94. The van der Waals surface area contributed by atoms with E-state index in [1.807, 2.05) is 36.4 Å². The molecule has 1 aromatic heterocycles. The number of rotatable bonds is 3. The standard InChI is InChI=1S/C20H21N3O/c1-20(2,3)15-7-4-14(5-8-15)6-11-19(24)23-16-9-10-17-18(12-16)22-13-21-17/h4-13H,1-3H3,(H,21,22)(H,23,24)/b11-6+. The van der Waals surface area contributed by atoms with Crippen molar-refractivity contribution < 1.29 is 4.79 Å². The molecule has 0 aliphatic carbocycles. The Morgan fingerprint density at radius 3 is 2.58 bits per heavy atom. The number of carbonyl (C=O) groups is 1. The van der Waals surface area contributed by atoms with Gasteiger partial charge in [0.1, 0.15) is 0 Å². The van der Waals surface area contributed by atoms with Gasteiger partial charge in [0.2, 0.25) is 5.91 Å². The highest BCUT2D eigenvalue weighted by molar-refractivity contribution is 6.02. The molecular weight excluding hydrogens is 298 g/mol. The summed E-state index contributed by atoms with van der Waals surface area (Å²) in [6.45, 7) is 6.55. The zero-order valence-electron chi connectivity index (χ0n) is 14.1. The smallest absolute Gasteiger partial charge is 0.248 e. The zero-order chi connectivity index (χ0) is 17.2. The number of hydrogen-bond donors (Lipinski definition) is 2. The number of aromatic nitrogens is 2. The maximum Gasteiger partial charge on any atom is 0.248 e. The molecule has 2 N–H and O–H groups in total. The molecule has 0 saturated heterocycles. The maximum absolute atomic E-state index is 12.1. The van der Waals surface area contributed by atoms with Gasteiger partial charge in [-0.25, -0.2) is 4.98 Å². The van der Waals surface area contributed by atoms with Gasteiger partial charge >= 0.3 is 0 Å². The molecule has 0 spiro atoms. The number of amides is 1. The molecule has 0 atom stereocenters. The molecule has 1 heterocycles. The second-order valence-electron chi connectivity index (χ2n) is 6.83. The summed E-state index contributed by atoms with van der Waals surface area (Å²) in [6.07, 6.45) is 5.00. The monoisotopic (exact) mass is 319 g/mol. The molecule has 2 aromatic carbocycles. The summed E-state index contributed by atoms with van der Waals surface area (Å²) in [4.78, 5) is 19.2. The van der Waals surface area contributed by atoms with Gasteiger partial charge in [0.05, 0.1) is 17.4 Å². The van der Waals surface area contributed by atoms with E-state index in [-0.39, 0.29) is 11.3 Å². The second kappa shape index (κ2) is 6.32. The number of nitrogens with one attached hydrogen (secondary N) is 2. The molecule has 4 nitrogen and oxygen atoms in total. The lowest BCUT2D eigenvalue weighted by molar-refractivity contribution is -0.111. The Morgan fingerprint density at radius 1 is 1.12 bits per heavy atom. The molecule has 4 heteroatoms. The number of hydrogen-bond acceptors (Lipinski definition) is 2. The minimum atomic E-state index is -0.159. The molecule has 0 aliphatic heterocycles. The number of imidazole rings is 1. The summed E-state index contributed by atoms with van der Waals surface area (Å²) in [6, 6.07) is 13.8. The lowest BCUT2D eigenvalue weighted by atomic mass is 9.87. The van der Waals surface area contributed by atoms with E-state index in [2.05, 4.69) is 48.2 Å². The number of anilines is 1. The molecule has 0 saturated carbocycles. The highest BCUT2D eigenvalue weighted by atomic mass is 16.1. The van der Waals surface area contributed by atoms with Crippen molar-refractivity contribution in [2.45, 2.75) is 26.2 Å². The minimum absolute atomic E-state index is 0.130. The molecule has 3 aromatic rings. The van der Waals surface area contributed by atoms with Crippen molar-refractivity contribution in [2.75, 3.05) is 5.32 Å². The average molecular weight is 319 g/mol. The lowest BCUT2D eigenvalue weighted by Crippen LogP contribution is -2.10.